The van der Waals surface area contributed by atoms with E-state index in [-0.39, 0.29) is 55.2 Å². The molecule has 0 radical (unpaired) electrons. The van der Waals surface area contributed by atoms with Crippen LogP contribution in [-0.2, 0) is 39.3 Å². The number of halogens is 1. The Morgan fingerprint density at radius 1 is 1.09 bits per heavy atom. The smallest absolute Gasteiger partial charge is 0.245 e. The molecule has 0 spiro atoms. The third-order valence-corrected chi connectivity index (χ3v) is 7.45. The van der Waals surface area contributed by atoms with E-state index in [1.54, 1.807) is 37.3 Å². The molecule has 3 aromatic carbocycles. The molecule has 1 aliphatic heterocycles. The van der Waals surface area contributed by atoms with Gasteiger partial charge in [0.2, 0.25) is 15.9 Å². The number of anilines is 1. The van der Waals surface area contributed by atoms with Gasteiger partial charge in [-0.2, -0.15) is 4.31 Å². The number of nitrogens with one attached hydrogen (secondary N) is 1. The lowest BCUT2D eigenvalue weighted by Gasteiger charge is -2.22. The summed E-state index contributed by atoms with van der Waals surface area (Å²) in [4.78, 5) is 11.7. The summed E-state index contributed by atoms with van der Waals surface area (Å²) < 4.78 is 53.5. The molecule has 0 bridgehead atoms. The summed E-state index contributed by atoms with van der Waals surface area (Å²) in [5, 5.41) is 2.61. The van der Waals surface area contributed by atoms with Crippen molar-refractivity contribution in [2.24, 2.45) is 0 Å². The first kappa shape index (κ1) is 24.8. The van der Waals surface area contributed by atoms with Crippen molar-refractivity contribution in [3.8, 4) is 5.75 Å². The molecule has 0 aromatic heterocycles. The minimum atomic E-state index is -3.92. The van der Waals surface area contributed by atoms with Crippen molar-refractivity contribution in [1.82, 2.24) is 4.31 Å². The molecule has 0 aliphatic carbocycles. The van der Waals surface area contributed by atoms with Gasteiger partial charge in [-0.05, 0) is 60.0 Å². The Bertz CT molecular complexity index is 1340. The van der Waals surface area contributed by atoms with Gasteiger partial charge in [-0.1, -0.05) is 24.3 Å². The zero-order valence-electron chi connectivity index (χ0n) is 19.6. The van der Waals surface area contributed by atoms with Crippen LogP contribution < -0.4 is 10.1 Å². The molecule has 4 rings (SSSR count). The molecule has 0 saturated carbocycles. The second-order valence-corrected chi connectivity index (χ2v) is 10.3. The predicted octanol–water partition coefficient (Wildman–Crippen LogP) is 4.39. The Morgan fingerprint density at radius 3 is 2.60 bits per heavy atom. The fourth-order valence-corrected chi connectivity index (χ4v) is 5.54. The Hall–Kier alpha value is -3.27. The molecule has 3 aromatic rings. The molecule has 1 amide bonds. The van der Waals surface area contributed by atoms with Crippen LogP contribution in [0.2, 0.25) is 0 Å². The summed E-state index contributed by atoms with van der Waals surface area (Å²) in [5.41, 5.74) is 3.30. The molecule has 1 aliphatic rings. The Morgan fingerprint density at radius 2 is 1.86 bits per heavy atom. The highest BCUT2D eigenvalue weighted by Gasteiger charge is 2.30. The number of carbonyl (C=O) groups excluding carboxylic acids is 1. The summed E-state index contributed by atoms with van der Waals surface area (Å²) in [6.45, 7) is 4.14. The third kappa shape index (κ3) is 6.05. The van der Waals surface area contributed by atoms with E-state index >= 15 is 0 Å². The largest absolute Gasteiger partial charge is 0.492 e. The summed E-state index contributed by atoms with van der Waals surface area (Å²) in [6, 6.07) is 16.7. The van der Waals surface area contributed by atoms with E-state index in [1.165, 1.54) is 23.4 Å². The van der Waals surface area contributed by atoms with Gasteiger partial charge >= 0.3 is 0 Å². The lowest BCUT2D eigenvalue weighted by atomic mass is 10.1. The van der Waals surface area contributed by atoms with E-state index in [9.17, 15) is 17.6 Å². The number of hydrogen-bond donors (Lipinski definition) is 1. The number of fused-ring (bicyclic) bond motifs is 1. The van der Waals surface area contributed by atoms with Gasteiger partial charge in [-0.25, -0.2) is 12.8 Å². The number of hydrogen-bond acceptors (Lipinski definition) is 5. The van der Waals surface area contributed by atoms with Crippen LogP contribution in [0.1, 0.15) is 29.2 Å². The Kier molecular flexibility index (Phi) is 7.49. The summed E-state index contributed by atoms with van der Waals surface area (Å²) in [6.07, 6.45) is 0. The van der Waals surface area contributed by atoms with Crippen LogP contribution in [0, 0.1) is 12.7 Å². The van der Waals surface area contributed by atoms with Gasteiger partial charge in [0.25, 0.3) is 0 Å². The predicted molar refractivity (Wildman–Crippen MR) is 130 cm³/mol. The lowest BCUT2D eigenvalue weighted by molar-refractivity contribution is -0.114. The summed E-state index contributed by atoms with van der Waals surface area (Å²) in [5.74, 6) is -0.0505. The van der Waals surface area contributed by atoms with Crippen molar-refractivity contribution in [3.63, 3.8) is 0 Å². The van der Waals surface area contributed by atoms with Crippen molar-refractivity contribution in [2.45, 2.75) is 38.5 Å². The zero-order valence-corrected chi connectivity index (χ0v) is 20.4. The van der Waals surface area contributed by atoms with Crippen molar-refractivity contribution in [1.29, 1.82) is 0 Å². The van der Waals surface area contributed by atoms with Gasteiger partial charge in [-0.15, -0.1) is 0 Å². The van der Waals surface area contributed by atoms with Crippen LogP contribution in [0.15, 0.2) is 65.6 Å². The van der Waals surface area contributed by atoms with Crippen molar-refractivity contribution in [3.05, 3.63) is 88.7 Å². The number of amides is 1. The number of sulfonamides is 1. The minimum Gasteiger partial charge on any atom is -0.492 e. The van der Waals surface area contributed by atoms with E-state index in [4.69, 9.17) is 9.47 Å². The SMILES string of the molecule is CC(=O)Nc1ccc(C)cc1S(=O)(=O)N1CCOc2ccc(COCc3cccc(F)c3)cc2C1. The normalized spacial score (nSPS) is 14.0. The highest BCUT2D eigenvalue weighted by molar-refractivity contribution is 7.89. The number of aryl methyl sites for hydroxylation is 1. The first-order chi connectivity index (χ1) is 16.7. The highest BCUT2D eigenvalue weighted by atomic mass is 32.2. The van der Waals surface area contributed by atoms with Gasteiger partial charge in [-0.3, -0.25) is 4.79 Å². The molecule has 9 heteroatoms. The lowest BCUT2D eigenvalue weighted by Crippen LogP contribution is -2.33. The standard InChI is InChI=1S/C26H27FN2O5S/c1-18-6-8-24(28-19(2)30)26(12-18)35(31,32)29-10-11-34-25-9-7-21(13-22(25)15-29)17-33-16-20-4-3-5-23(27)14-20/h3-9,12-14H,10-11,15-17H2,1-2H3,(H,28,30). The molecule has 1 heterocycles. The first-order valence-electron chi connectivity index (χ1n) is 11.2. The summed E-state index contributed by atoms with van der Waals surface area (Å²) >= 11 is 0. The van der Waals surface area contributed by atoms with Gasteiger partial charge in [0, 0.05) is 25.6 Å². The van der Waals surface area contributed by atoms with Crippen molar-refractivity contribution >= 4 is 21.6 Å². The molecule has 1 N–H and O–H groups in total. The number of carbonyl (C=O) groups is 1. The second kappa shape index (κ2) is 10.6. The third-order valence-electron chi connectivity index (χ3n) is 5.56. The molecule has 0 saturated heterocycles. The van der Waals surface area contributed by atoms with E-state index < -0.39 is 10.0 Å². The van der Waals surface area contributed by atoms with Crippen LogP contribution in [0.3, 0.4) is 0 Å². The average molecular weight is 499 g/mol. The van der Waals surface area contributed by atoms with E-state index in [0.717, 1.165) is 16.7 Å². The van der Waals surface area contributed by atoms with Gasteiger partial charge in [0.05, 0.1) is 18.9 Å². The van der Waals surface area contributed by atoms with Crippen molar-refractivity contribution in [2.75, 3.05) is 18.5 Å². The van der Waals surface area contributed by atoms with Crippen LogP contribution in [0.4, 0.5) is 10.1 Å². The van der Waals surface area contributed by atoms with Crippen LogP contribution >= 0.6 is 0 Å². The van der Waals surface area contributed by atoms with E-state index in [1.807, 2.05) is 18.2 Å². The zero-order chi connectivity index (χ0) is 25.0. The number of benzene rings is 3. The number of ether oxygens (including phenoxy) is 2. The number of nitrogens with zero attached hydrogens (tertiary/aromatic N) is 1. The molecular formula is C26H27FN2O5S. The maximum Gasteiger partial charge on any atom is 0.245 e. The van der Waals surface area contributed by atoms with Gasteiger partial charge in [0.1, 0.15) is 23.1 Å². The van der Waals surface area contributed by atoms with Crippen LogP contribution in [0.5, 0.6) is 5.75 Å². The summed E-state index contributed by atoms with van der Waals surface area (Å²) in [7, 11) is -3.92. The highest BCUT2D eigenvalue weighted by Crippen LogP contribution is 2.31. The molecule has 0 unspecified atom stereocenters. The minimum absolute atomic E-state index is 0.0470. The fraction of sp³-hybridized carbons (Fsp3) is 0.269. The quantitative estimate of drug-likeness (QED) is 0.522. The average Bonchev–Trinajstić information content (AvgIpc) is 3.03. The monoisotopic (exact) mass is 498 g/mol. The molecular weight excluding hydrogens is 471 g/mol. The second-order valence-electron chi connectivity index (χ2n) is 8.43. The molecule has 184 valence electrons. The topological polar surface area (TPSA) is 84.9 Å². The molecule has 7 nitrogen and oxygen atoms in total. The van der Waals surface area contributed by atoms with Crippen LogP contribution in [-0.4, -0.2) is 31.8 Å². The van der Waals surface area contributed by atoms with Crippen LogP contribution in [0.25, 0.3) is 0 Å². The fourth-order valence-electron chi connectivity index (χ4n) is 3.91. The molecule has 0 fully saturated rings. The van der Waals surface area contributed by atoms with E-state index in [0.29, 0.717) is 11.3 Å². The van der Waals surface area contributed by atoms with Gasteiger partial charge < -0.3 is 14.8 Å². The molecule has 0 atom stereocenters. The first-order valence-corrected chi connectivity index (χ1v) is 12.6. The van der Waals surface area contributed by atoms with Gasteiger partial charge in [0.15, 0.2) is 0 Å². The molecule has 35 heavy (non-hydrogen) atoms. The Labute approximate surface area is 204 Å². The Balaban J connectivity index is 1.54. The van der Waals surface area contributed by atoms with E-state index in [2.05, 4.69) is 5.32 Å². The van der Waals surface area contributed by atoms with Crippen molar-refractivity contribution < 1.29 is 27.1 Å². The maximum atomic E-state index is 13.6. The number of rotatable bonds is 7. The maximum absolute atomic E-state index is 13.6.